The lowest BCUT2D eigenvalue weighted by molar-refractivity contribution is -0.140. The summed E-state index contributed by atoms with van der Waals surface area (Å²) >= 11 is 0.759. The summed E-state index contributed by atoms with van der Waals surface area (Å²) in [6.07, 6.45) is 3.61. The van der Waals surface area contributed by atoms with E-state index in [-0.39, 0.29) is 23.7 Å². The molecular formula is C29H25FN4O3S. The van der Waals surface area contributed by atoms with Crippen molar-refractivity contribution >= 4 is 39.4 Å². The number of fused-ring (bicyclic) bond motifs is 1. The van der Waals surface area contributed by atoms with Gasteiger partial charge in [0.25, 0.3) is 0 Å². The van der Waals surface area contributed by atoms with E-state index < -0.39 is 22.9 Å². The molecule has 0 fully saturated rings. The van der Waals surface area contributed by atoms with Crippen molar-refractivity contribution in [2.24, 2.45) is 13.0 Å². The highest BCUT2D eigenvalue weighted by Crippen LogP contribution is 2.38. The summed E-state index contributed by atoms with van der Waals surface area (Å²) < 4.78 is 17.3. The number of aromatic nitrogens is 3. The molecule has 9 heteroatoms. The Bertz CT molecular complexity index is 1630. The molecule has 2 aromatic carbocycles. The Morgan fingerprint density at radius 3 is 2.53 bits per heavy atom. The predicted molar refractivity (Wildman–Crippen MR) is 147 cm³/mol. The summed E-state index contributed by atoms with van der Waals surface area (Å²) in [5.74, 6) is -2.31. The van der Waals surface area contributed by atoms with Gasteiger partial charge in [0.05, 0.1) is 12.3 Å². The lowest BCUT2D eigenvalue weighted by atomic mass is 9.95. The second-order valence-corrected chi connectivity index (χ2v) is 10.0. The predicted octanol–water partition coefficient (Wildman–Crippen LogP) is 5.80. The highest BCUT2D eigenvalue weighted by molar-refractivity contribution is 7.14. The highest BCUT2D eigenvalue weighted by atomic mass is 32.1. The fraction of sp³-hybridized carbons (Fsp3) is 0.172. The minimum absolute atomic E-state index is 0.131. The fourth-order valence-electron chi connectivity index (χ4n) is 4.57. The van der Waals surface area contributed by atoms with Crippen LogP contribution in [0.3, 0.4) is 0 Å². The molecule has 0 saturated carbocycles. The molecule has 0 aliphatic heterocycles. The quantitative estimate of drug-likeness (QED) is 0.275. The molecule has 0 saturated heterocycles. The van der Waals surface area contributed by atoms with Gasteiger partial charge in [-0.1, -0.05) is 65.9 Å². The van der Waals surface area contributed by atoms with E-state index in [9.17, 15) is 14.7 Å². The summed E-state index contributed by atoms with van der Waals surface area (Å²) in [5.41, 5.74) is 4.00. The first-order valence-corrected chi connectivity index (χ1v) is 12.8. The molecular weight excluding hydrogens is 503 g/mol. The average molecular weight is 529 g/mol. The summed E-state index contributed by atoms with van der Waals surface area (Å²) in [7, 11) is 3.43. The zero-order valence-corrected chi connectivity index (χ0v) is 21.7. The number of carboxylic acid groups (broad SMARTS) is 1. The number of nitrogens with zero attached hydrogens (tertiary/aromatic N) is 4. The molecule has 3 aromatic heterocycles. The Morgan fingerprint density at radius 2 is 1.79 bits per heavy atom. The number of aliphatic carboxylic acids is 1. The molecule has 1 atom stereocenters. The van der Waals surface area contributed by atoms with Gasteiger partial charge in [-0.25, -0.2) is 9.97 Å². The van der Waals surface area contributed by atoms with Crippen molar-refractivity contribution in [2.75, 3.05) is 11.9 Å². The van der Waals surface area contributed by atoms with E-state index in [0.717, 1.165) is 39.1 Å². The molecule has 0 bridgehead atoms. The number of rotatable bonds is 8. The van der Waals surface area contributed by atoms with Gasteiger partial charge in [0.2, 0.25) is 11.0 Å². The number of carboxylic acids is 1. The lowest BCUT2D eigenvalue weighted by Gasteiger charge is -2.21. The van der Waals surface area contributed by atoms with Crippen LogP contribution >= 0.6 is 11.3 Å². The van der Waals surface area contributed by atoms with Crippen LogP contribution in [0, 0.1) is 11.0 Å². The first kappa shape index (κ1) is 25.3. The Balaban J connectivity index is 1.46. The van der Waals surface area contributed by atoms with Crippen LogP contribution < -0.4 is 4.90 Å². The average Bonchev–Trinajstić information content (AvgIpc) is 3.49. The van der Waals surface area contributed by atoms with E-state index in [0.29, 0.717) is 5.56 Å². The van der Waals surface area contributed by atoms with E-state index in [4.69, 9.17) is 0 Å². The van der Waals surface area contributed by atoms with E-state index >= 15 is 4.39 Å². The molecule has 38 heavy (non-hydrogen) atoms. The molecule has 3 heterocycles. The number of carbonyl (C=O) groups is 2. The van der Waals surface area contributed by atoms with Gasteiger partial charge < -0.3 is 9.67 Å². The largest absolute Gasteiger partial charge is 0.481 e. The monoisotopic (exact) mass is 528 g/mol. The first-order valence-electron chi connectivity index (χ1n) is 12.0. The Morgan fingerprint density at radius 1 is 1.08 bits per heavy atom. The van der Waals surface area contributed by atoms with Crippen LogP contribution in [0.25, 0.3) is 33.4 Å². The number of anilines is 1. The van der Waals surface area contributed by atoms with Crippen LogP contribution in [0.5, 0.6) is 0 Å². The van der Waals surface area contributed by atoms with E-state index in [2.05, 4.69) is 9.97 Å². The summed E-state index contributed by atoms with van der Waals surface area (Å²) in [6, 6.07) is 20.6. The molecule has 0 aliphatic carbocycles. The number of aryl methyl sites for hydroxylation is 1. The van der Waals surface area contributed by atoms with Crippen molar-refractivity contribution in [1.29, 1.82) is 0 Å². The molecule has 0 spiro atoms. The number of hydrogen-bond donors (Lipinski definition) is 1. The molecule has 1 unspecified atom stereocenters. The van der Waals surface area contributed by atoms with Crippen LogP contribution in [0.4, 0.5) is 9.52 Å². The zero-order chi connectivity index (χ0) is 26.8. The third-order valence-corrected chi connectivity index (χ3v) is 7.41. The third kappa shape index (κ3) is 5.05. The zero-order valence-electron chi connectivity index (χ0n) is 20.8. The molecule has 5 rings (SSSR count). The second-order valence-electron chi connectivity index (χ2n) is 9.11. The lowest BCUT2D eigenvalue weighted by Crippen LogP contribution is -2.35. The third-order valence-electron chi connectivity index (χ3n) is 6.49. The van der Waals surface area contributed by atoms with Gasteiger partial charge in [0.1, 0.15) is 11.3 Å². The molecule has 192 valence electrons. The fourth-order valence-corrected chi connectivity index (χ4v) is 5.34. The number of hydrogen-bond acceptors (Lipinski definition) is 5. The Labute approximate surface area is 222 Å². The maximum absolute atomic E-state index is 15.3. The van der Waals surface area contributed by atoms with E-state index in [1.54, 1.807) is 12.3 Å². The molecule has 7 nitrogen and oxygen atoms in total. The molecule has 5 aromatic rings. The topological polar surface area (TPSA) is 88.3 Å². The smallest absolute Gasteiger partial charge is 0.304 e. The number of carbonyl (C=O) groups excluding carboxylic acids is 1. The minimum atomic E-state index is -1.07. The number of pyridine rings is 1. The van der Waals surface area contributed by atoms with Crippen molar-refractivity contribution in [3.8, 4) is 22.4 Å². The second kappa shape index (κ2) is 10.5. The van der Waals surface area contributed by atoms with Gasteiger partial charge in [-0.3, -0.25) is 14.5 Å². The number of benzene rings is 2. The summed E-state index contributed by atoms with van der Waals surface area (Å²) in [6.45, 7) is 0. The SMILES string of the molecule is CN(C(=O)C(CC(=O)O)Cc1ccccc1)c1nc(-c2ccccc2-c2cnc3c(ccn3C)c2)c(F)s1. The standard InChI is InChI=1S/C29H25FN4O3S/c1-33-13-12-19-15-21(17-31-27(19)33)22-10-6-7-11-23(22)25-26(30)38-29(32-25)34(2)28(37)20(16-24(35)36)14-18-8-4-3-5-9-18/h3-13,15,17,20H,14,16H2,1-2H3,(H,35,36). The van der Waals surface area contributed by atoms with Crippen molar-refractivity contribution in [2.45, 2.75) is 12.8 Å². The summed E-state index contributed by atoms with van der Waals surface area (Å²) in [4.78, 5) is 35.2. The number of thiazole rings is 1. The maximum atomic E-state index is 15.3. The van der Waals surface area contributed by atoms with Crippen LogP contribution in [-0.4, -0.2) is 38.6 Å². The van der Waals surface area contributed by atoms with Crippen LogP contribution in [0.15, 0.2) is 79.1 Å². The molecule has 0 aliphatic rings. The number of amides is 1. The van der Waals surface area contributed by atoms with Crippen LogP contribution in [0.1, 0.15) is 12.0 Å². The van der Waals surface area contributed by atoms with Crippen molar-refractivity contribution in [1.82, 2.24) is 14.5 Å². The maximum Gasteiger partial charge on any atom is 0.304 e. The van der Waals surface area contributed by atoms with Crippen molar-refractivity contribution in [3.05, 3.63) is 89.8 Å². The normalized spacial score (nSPS) is 12.0. The first-order chi connectivity index (χ1) is 18.3. The Hall–Kier alpha value is -4.37. The van der Waals surface area contributed by atoms with E-state index in [1.807, 2.05) is 78.5 Å². The molecule has 0 radical (unpaired) electrons. The van der Waals surface area contributed by atoms with Gasteiger partial charge in [0.15, 0.2) is 5.13 Å². The van der Waals surface area contributed by atoms with Gasteiger partial charge >= 0.3 is 5.97 Å². The molecule has 1 amide bonds. The van der Waals surface area contributed by atoms with Gasteiger partial charge in [-0.05, 0) is 29.7 Å². The van der Waals surface area contributed by atoms with Gasteiger partial charge in [-0.2, -0.15) is 4.39 Å². The van der Waals surface area contributed by atoms with Crippen molar-refractivity contribution < 1.29 is 19.1 Å². The van der Waals surface area contributed by atoms with Gasteiger partial charge in [0, 0.05) is 43.0 Å². The van der Waals surface area contributed by atoms with Crippen molar-refractivity contribution in [3.63, 3.8) is 0 Å². The van der Waals surface area contributed by atoms with Crippen LogP contribution in [0.2, 0.25) is 0 Å². The molecule has 1 N–H and O–H groups in total. The highest BCUT2D eigenvalue weighted by Gasteiger charge is 2.29. The number of halogens is 1. The summed E-state index contributed by atoms with van der Waals surface area (Å²) in [5, 5.41) is 10.0. The Kier molecular flexibility index (Phi) is 7.02. The minimum Gasteiger partial charge on any atom is -0.481 e. The van der Waals surface area contributed by atoms with E-state index in [1.165, 1.54) is 11.9 Å². The van der Waals surface area contributed by atoms with Crippen LogP contribution in [-0.2, 0) is 23.1 Å². The van der Waals surface area contributed by atoms with Gasteiger partial charge in [-0.15, -0.1) is 0 Å².